The number of carbonyl (C=O) groups excluding carboxylic acids is 3. The Morgan fingerprint density at radius 2 is 1.70 bits per heavy atom. The summed E-state index contributed by atoms with van der Waals surface area (Å²) in [5.74, 6) is -1.00. The van der Waals surface area contributed by atoms with Crippen molar-refractivity contribution in [1.29, 1.82) is 0 Å². The smallest absolute Gasteiger partial charge is 0.278 e. The summed E-state index contributed by atoms with van der Waals surface area (Å²) < 4.78 is 0. The van der Waals surface area contributed by atoms with Gasteiger partial charge in [0.15, 0.2) is 0 Å². The van der Waals surface area contributed by atoms with Crippen molar-refractivity contribution in [2.75, 3.05) is 5.32 Å². The average molecular weight is 486 g/mol. The second-order valence-electron chi connectivity index (χ2n) is 8.42. The predicted octanol–water partition coefficient (Wildman–Crippen LogP) is 5.14. The predicted molar refractivity (Wildman–Crippen MR) is 129 cm³/mol. The van der Waals surface area contributed by atoms with Crippen LogP contribution in [0.2, 0.25) is 5.02 Å². The van der Waals surface area contributed by atoms with Gasteiger partial charge in [-0.25, -0.2) is 0 Å². The summed E-state index contributed by atoms with van der Waals surface area (Å²) in [6, 6.07) is 12.2. The van der Waals surface area contributed by atoms with Crippen molar-refractivity contribution in [2.24, 2.45) is 0 Å². The lowest BCUT2D eigenvalue weighted by atomic mass is 9.94. The molecule has 2 aromatic rings. The van der Waals surface area contributed by atoms with E-state index in [0.717, 1.165) is 43.2 Å². The number of nitrogens with one attached hydrogen (secondary N) is 2. The Hall–Kier alpha value is -2.83. The molecule has 172 valence electrons. The Balaban J connectivity index is 1.37. The first-order chi connectivity index (χ1) is 15.8. The van der Waals surface area contributed by atoms with E-state index < -0.39 is 5.91 Å². The van der Waals surface area contributed by atoms with Crippen LogP contribution in [-0.4, -0.2) is 28.7 Å². The number of amides is 3. The van der Waals surface area contributed by atoms with Gasteiger partial charge in [-0.15, -0.1) is 0 Å². The minimum absolute atomic E-state index is 0.0556. The number of hydrogen-bond acceptors (Lipinski definition) is 4. The van der Waals surface area contributed by atoms with Crippen LogP contribution in [0.1, 0.15) is 53.6 Å². The van der Waals surface area contributed by atoms with Gasteiger partial charge in [-0.2, -0.15) is 0 Å². The Labute approximate surface area is 202 Å². The Morgan fingerprint density at radius 3 is 2.36 bits per heavy atom. The number of hydrogen-bond donors (Lipinski definition) is 2. The lowest BCUT2D eigenvalue weighted by Crippen LogP contribution is -2.43. The molecule has 0 atom stereocenters. The summed E-state index contributed by atoms with van der Waals surface area (Å²) in [7, 11) is 0. The van der Waals surface area contributed by atoms with Crippen LogP contribution >= 0.6 is 23.2 Å². The summed E-state index contributed by atoms with van der Waals surface area (Å²) in [5.41, 5.74) is 3.07. The molecule has 0 saturated heterocycles. The van der Waals surface area contributed by atoms with Crippen molar-refractivity contribution in [3.63, 3.8) is 0 Å². The Bertz CT molecular complexity index is 1120. The summed E-state index contributed by atoms with van der Waals surface area (Å²) in [6.07, 6.45) is 4.81. The molecule has 1 saturated carbocycles. The first kappa shape index (κ1) is 23.3. The zero-order chi connectivity index (χ0) is 23.5. The molecule has 2 N–H and O–H groups in total. The normalized spacial score (nSPS) is 17.0. The molecule has 6 nitrogen and oxygen atoms in total. The largest absolute Gasteiger partial charge is 0.375 e. The second-order valence-corrected chi connectivity index (χ2v) is 9.24. The SMILES string of the molecule is Cc1cc(Cl)ccc1NC(=O)c1ccc(CNC2=C(Cl)C(=O)N(C3CCCCC3)C2=O)cc1. The van der Waals surface area contributed by atoms with E-state index in [1.54, 1.807) is 42.5 Å². The zero-order valence-corrected chi connectivity index (χ0v) is 19.8. The van der Waals surface area contributed by atoms with E-state index >= 15 is 0 Å². The molecular formula is C25H25Cl2N3O3. The van der Waals surface area contributed by atoms with Gasteiger partial charge >= 0.3 is 0 Å². The molecule has 0 radical (unpaired) electrons. The summed E-state index contributed by atoms with van der Waals surface area (Å²) >= 11 is 12.2. The fourth-order valence-electron chi connectivity index (χ4n) is 4.27. The van der Waals surface area contributed by atoms with Gasteiger partial charge in [0, 0.05) is 28.9 Å². The molecule has 1 aliphatic carbocycles. The van der Waals surface area contributed by atoms with Crippen molar-refractivity contribution < 1.29 is 14.4 Å². The highest BCUT2D eigenvalue weighted by Crippen LogP contribution is 2.31. The third-order valence-electron chi connectivity index (χ3n) is 6.12. The highest BCUT2D eigenvalue weighted by molar-refractivity contribution is 6.47. The first-order valence-electron chi connectivity index (χ1n) is 11.0. The zero-order valence-electron chi connectivity index (χ0n) is 18.3. The molecule has 0 bridgehead atoms. The minimum atomic E-state index is -0.416. The highest BCUT2D eigenvalue weighted by Gasteiger charge is 2.41. The van der Waals surface area contributed by atoms with E-state index in [-0.39, 0.29) is 28.6 Å². The van der Waals surface area contributed by atoms with Crippen LogP contribution in [0.15, 0.2) is 53.2 Å². The summed E-state index contributed by atoms with van der Waals surface area (Å²) in [6.45, 7) is 2.18. The molecule has 1 fully saturated rings. The summed E-state index contributed by atoms with van der Waals surface area (Å²) in [4.78, 5) is 39.3. The highest BCUT2D eigenvalue weighted by atomic mass is 35.5. The van der Waals surface area contributed by atoms with E-state index in [4.69, 9.17) is 23.2 Å². The van der Waals surface area contributed by atoms with E-state index in [1.807, 2.05) is 6.92 Å². The number of aryl methyl sites for hydroxylation is 1. The van der Waals surface area contributed by atoms with Crippen LogP contribution < -0.4 is 10.6 Å². The van der Waals surface area contributed by atoms with Crippen molar-refractivity contribution >= 4 is 46.6 Å². The minimum Gasteiger partial charge on any atom is -0.375 e. The topological polar surface area (TPSA) is 78.5 Å². The third kappa shape index (κ3) is 5.07. The summed E-state index contributed by atoms with van der Waals surface area (Å²) in [5, 5.41) is 6.45. The van der Waals surface area contributed by atoms with Crippen LogP contribution in [0.25, 0.3) is 0 Å². The number of halogens is 2. The van der Waals surface area contributed by atoms with Gasteiger partial charge in [0.05, 0.1) is 0 Å². The van der Waals surface area contributed by atoms with Crippen molar-refractivity contribution in [2.45, 2.75) is 51.6 Å². The molecule has 3 amide bonds. The monoisotopic (exact) mass is 485 g/mol. The standard InChI is InChI=1S/C25H25Cl2N3O3/c1-15-13-18(26)11-12-20(15)29-23(31)17-9-7-16(8-10-17)14-28-22-21(27)24(32)30(25(22)33)19-5-3-2-4-6-19/h7-13,19,28H,2-6,14H2,1H3,(H,29,31). The molecule has 0 aromatic heterocycles. The molecule has 2 aliphatic rings. The molecule has 0 spiro atoms. The van der Waals surface area contributed by atoms with E-state index in [0.29, 0.717) is 22.8 Å². The van der Waals surface area contributed by atoms with Crippen molar-refractivity contribution in [3.05, 3.63) is 74.9 Å². The maximum atomic E-state index is 12.9. The molecular weight excluding hydrogens is 461 g/mol. The van der Waals surface area contributed by atoms with Gasteiger partial charge < -0.3 is 10.6 Å². The molecule has 8 heteroatoms. The number of carbonyl (C=O) groups is 3. The van der Waals surface area contributed by atoms with Gasteiger partial charge in [-0.1, -0.05) is 54.6 Å². The van der Waals surface area contributed by atoms with Crippen molar-refractivity contribution in [1.82, 2.24) is 10.2 Å². The number of nitrogens with zero attached hydrogens (tertiary/aromatic N) is 1. The van der Waals surface area contributed by atoms with Gasteiger partial charge in [-0.05, 0) is 61.2 Å². The number of anilines is 1. The van der Waals surface area contributed by atoms with E-state index in [2.05, 4.69) is 10.6 Å². The van der Waals surface area contributed by atoms with E-state index in [9.17, 15) is 14.4 Å². The second kappa shape index (κ2) is 9.98. The molecule has 4 rings (SSSR count). The molecule has 2 aromatic carbocycles. The average Bonchev–Trinajstić information content (AvgIpc) is 3.03. The van der Waals surface area contributed by atoms with Gasteiger partial charge in [0.2, 0.25) is 0 Å². The lowest BCUT2D eigenvalue weighted by Gasteiger charge is -2.29. The molecule has 0 unspecified atom stereocenters. The van der Waals surface area contributed by atoms with Crippen LogP contribution in [0.4, 0.5) is 5.69 Å². The van der Waals surface area contributed by atoms with Crippen LogP contribution in [-0.2, 0) is 16.1 Å². The fourth-order valence-corrected chi connectivity index (χ4v) is 4.73. The van der Waals surface area contributed by atoms with Crippen LogP contribution in [0.3, 0.4) is 0 Å². The van der Waals surface area contributed by atoms with Crippen LogP contribution in [0.5, 0.6) is 0 Å². The number of benzene rings is 2. The third-order valence-corrected chi connectivity index (χ3v) is 6.71. The van der Waals surface area contributed by atoms with Gasteiger partial charge in [-0.3, -0.25) is 19.3 Å². The maximum absolute atomic E-state index is 12.9. The van der Waals surface area contributed by atoms with Gasteiger partial charge in [0.1, 0.15) is 10.7 Å². The Morgan fingerprint density at radius 1 is 1.00 bits per heavy atom. The number of rotatable bonds is 6. The van der Waals surface area contributed by atoms with E-state index in [1.165, 1.54) is 4.90 Å². The fraction of sp³-hybridized carbons (Fsp3) is 0.320. The molecule has 1 aliphatic heterocycles. The van der Waals surface area contributed by atoms with Gasteiger partial charge in [0.25, 0.3) is 17.7 Å². The van der Waals surface area contributed by atoms with Crippen LogP contribution in [0, 0.1) is 6.92 Å². The van der Waals surface area contributed by atoms with Crippen molar-refractivity contribution in [3.8, 4) is 0 Å². The maximum Gasteiger partial charge on any atom is 0.278 e. The number of imide groups is 1. The first-order valence-corrected chi connectivity index (χ1v) is 11.8. The Kier molecular flexibility index (Phi) is 7.05. The quantitative estimate of drug-likeness (QED) is 0.555. The lowest BCUT2D eigenvalue weighted by molar-refractivity contribution is -0.140. The molecule has 33 heavy (non-hydrogen) atoms. The molecule has 1 heterocycles.